The molecule has 0 heterocycles. The Kier molecular flexibility index (Phi) is 4.88. The standard InChI is InChI=1S/C17H14F2O3/c1-21-13-7-11(8-14(10-13)22-2)3-6-17(20)15-9-12(18)4-5-16(15)19/h3-10H,1-2H3/b6-3+. The summed E-state index contributed by atoms with van der Waals surface area (Å²) in [5.41, 5.74) is 0.326. The Labute approximate surface area is 126 Å². The molecule has 0 spiro atoms. The smallest absolute Gasteiger partial charge is 0.188 e. The Morgan fingerprint density at radius 2 is 1.64 bits per heavy atom. The van der Waals surface area contributed by atoms with Crippen molar-refractivity contribution in [3.05, 3.63) is 65.2 Å². The van der Waals surface area contributed by atoms with Crippen molar-refractivity contribution in [1.82, 2.24) is 0 Å². The molecule has 5 heteroatoms. The molecule has 0 bridgehead atoms. The van der Waals surface area contributed by atoms with E-state index in [0.717, 1.165) is 18.2 Å². The van der Waals surface area contributed by atoms with Gasteiger partial charge >= 0.3 is 0 Å². The minimum absolute atomic E-state index is 0.314. The van der Waals surface area contributed by atoms with Crippen LogP contribution in [0.5, 0.6) is 11.5 Å². The zero-order valence-corrected chi connectivity index (χ0v) is 12.1. The van der Waals surface area contributed by atoms with Gasteiger partial charge in [-0.3, -0.25) is 4.79 Å². The third kappa shape index (κ3) is 3.69. The number of ketones is 1. The molecule has 0 saturated heterocycles. The van der Waals surface area contributed by atoms with Crippen molar-refractivity contribution in [1.29, 1.82) is 0 Å². The predicted molar refractivity (Wildman–Crippen MR) is 79.3 cm³/mol. The summed E-state index contributed by atoms with van der Waals surface area (Å²) in [4.78, 5) is 11.9. The van der Waals surface area contributed by atoms with Gasteiger partial charge in [0.2, 0.25) is 0 Å². The second kappa shape index (κ2) is 6.85. The van der Waals surface area contributed by atoms with Crippen molar-refractivity contribution in [2.45, 2.75) is 0 Å². The lowest BCUT2D eigenvalue weighted by Crippen LogP contribution is -1.99. The van der Waals surface area contributed by atoms with Gasteiger partial charge in [-0.1, -0.05) is 6.08 Å². The van der Waals surface area contributed by atoms with E-state index < -0.39 is 17.4 Å². The van der Waals surface area contributed by atoms with Gasteiger partial charge in [-0.25, -0.2) is 8.78 Å². The van der Waals surface area contributed by atoms with Crippen LogP contribution in [0.3, 0.4) is 0 Å². The molecule has 0 aromatic heterocycles. The van der Waals surface area contributed by atoms with Crippen LogP contribution in [0.15, 0.2) is 42.5 Å². The molecule has 2 aromatic rings. The molecule has 0 aliphatic carbocycles. The number of halogens is 2. The van der Waals surface area contributed by atoms with E-state index in [4.69, 9.17) is 9.47 Å². The molecule has 3 nitrogen and oxygen atoms in total. The van der Waals surface area contributed by atoms with E-state index in [1.807, 2.05) is 0 Å². The average molecular weight is 304 g/mol. The number of hydrogen-bond donors (Lipinski definition) is 0. The molecule has 0 aliphatic heterocycles. The average Bonchev–Trinajstić information content (AvgIpc) is 2.54. The quantitative estimate of drug-likeness (QED) is 0.621. The minimum Gasteiger partial charge on any atom is -0.497 e. The van der Waals surface area contributed by atoms with Crippen molar-refractivity contribution in [3.8, 4) is 11.5 Å². The summed E-state index contributed by atoms with van der Waals surface area (Å²) in [6.45, 7) is 0. The number of rotatable bonds is 5. The second-order valence-corrected chi connectivity index (χ2v) is 4.47. The van der Waals surface area contributed by atoms with Gasteiger partial charge in [0.15, 0.2) is 5.78 Å². The molecule has 0 N–H and O–H groups in total. The number of ether oxygens (including phenoxy) is 2. The van der Waals surface area contributed by atoms with Crippen LogP contribution in [-0.4, -0.2) is 20.0 Å². The lowest BCUT2D eigenvalue weighted by atomic mass is 10.1. The number of benzene rings is 2. The highest BCUT2D eigenvalue weighted by atomic mass is 19.1. The molecule has 0 fully saturated rings. The molecule has 2 aromatic carbocycles. The Morgan fingerprint density at radius 3 is 2.23 bits per heavy atom. The Morgan fingerprint density at radius 1 is 1.00 bits per heavy atom. The Balaban J connectivity index is 2.28. The van der Waals surface area contributed by atoms with Gasteiger partial charge in [0.25, 0.3) is 0 Å². The molecule has 0 atom stereocenters. The Hall–Kier alpha value is -2.69. The van der Waals surface area contributed by atoms with Crippen LogP contribution in [0.2, 0.25) is 0 Å². The summed E-state index contributed by atoms with van der Waals surface area (Å²) in [5, 5.41) is 0. The molecule has 0 radical (unpaired) electrons. The van der Waals surface area contributed by atoms with Crippen molar-refractivity contribution in [3.63, 3.8) is 0 Å². The molecule has 22 heavy (non-hydrogen) atoms. The first-order chi connectivity index (χ1) is 10.5. The van der Waals surface area contributed by atoms with Crippen molar-refractivity contribution < 1.29 is 23.0 Å². The van der Waals surface area contributed by atoms with Gasteiger partial charge in [-0.15, -0.1) is 0 Å². The molecule has 114 valence electrons. The summed E-state index contributed by atoms with van der Waals surface area (Å²) >= 11 is 0. The highest BCUT2D eigenvalue weighted by molar-refractivity contribution is 6.07. The molecule has 0 aliphatic rings. The monoisotopic (exact) mass is 304 g/mol. The van der Waals surface area contributed by atoms with E-state index >= 15 is 0 Å². The summed E-state index contributed by atoms with van der Waals surface area (Å²) < 4.78 is 36.8. The zero-order chi connectivity index (χ0) is 16.1. The molecular weight excluding hydrogens is 290 g/mol. The fourth-order valence-corrected chi connectivity index (χ4v) is 1.87. The van der Waals surface area contributed by atoms with Gasteiger partial charge in [-0.05, 0) is 42.0 Å². The Bertz CT molecular complexity index is 702. The summed E-state index contributed by atoms with van der Waals surface area (Å²) in [5.74, 6) is -0.939. The normalized spacial score (nSPS) is 10.7. The molecule has 0 saturated carbocycles. The largest absolute Gasteiger partial charge is 0.497 e. The lowest BCUT2D eigenvalue weighted by molar-refractivity contribution is 0.104. The van der Waals surface area contributed by atoms with Gasteiger partial charge in [0.05, 0.1) is 19.8 Å². The number of carbonyl (C=O) groups excluding carboxylic acids is 1. The van der Waals surface area contributed by atoms with E-state index in [9.17, 15) is 13.6 Å². The van der Waals surface area contributed by atoms with Gasteiger partial charge in [0.1, 0.15) is 23.1 Å². The van der Waals surface area contributed by atoms with Crippen LogP contribution in [0.1, 0.15) is 15.9 Å². The van der Waals surface area contributed by atoms with E-state index in [1.54, 1.807) is 18.2 Å². The van der Waals surface area contributed by atoms with Crippen LogP contribution in [-0.2, 0) is 0 Å². The number of hydrogen-bond acceptors (Lipinski definition) is 3. The summed E-state index contributed by atoms with van der Waals surface area (Å²) in [7, 11) is 3.02. The first-order valence-electron chi connectivity index (χ1n) is 6.44. The highest BCUT2D eigenvalue weighted by Gasteiger charge is 2.10. The van der Waals surface area contributed by atoms with Crippen LogP contribution in [0, 0.1) is 11.6 Å². The fourth-order valence-electron chi connectivity index (χ4n) is 1.87. The molecular formula is C17H14F2O3. The minimum atomic E-state index is -0.765. The van der Waals surface area contributed by atoms with Crippen LogP contribution >= 0.6 is 0 Å². The SMILES string of the molecule is COc1cc(/C=C/C(=O)c2cc(F)ccc2F)cc(OC)c1. The van der Waals surface area contributed by atoms with Gasteiger partial charge in [0, 0.05) is 6.07 Å². The van der Waals surface area contributed by atoms with Crippen molar-refractivity contribution >= 4 is 11.9 Å². The van der Waals surface area contributed by atoms with Crippen LogP contribution in [0.25, 0.3) is 6.08 Å². The maximum Gasteiger partial charge on any atom is 0.188 e. The van der Waals surface area contributed by atoms with Crippen LogP contribution in [0.4, 0.5) is 8.78 Å². The fraction of sp³-hybridized carbons (Fsp3) is 0.118. The third-order valence-electron chi connectivity index (χ3n) is 2.99. The first-order valence-corrected chi connectivity index (χ1v) is 6.44. The summed E-state index contributed by atoms with van der Waals surface area (Å²) in [6.07, 6.45) is 2.66. The third-order valence-corrected chi connectivity index (χ3v) is 2.99. The van der Waals surface area contributed by atoms with Gasteiger partial charge < -0.3 is 9.47 Å². The lowest BCUT2D eigenvalue weighted by Gasteiger charge is -2.05. The predicted octanol–water partition coefficient (Wildman–Crippen LogP) is 3.88. The highest BCUT2D eigenvalue weighted by Crippen LogP contribution is 2.23. The molecule has 2 rings (SSSR count). The van der Waals surface area contributed by atoms with E-state index in [2.05, 4.69) is 0 Å². The maximum atomic E-state index is 13.5. The van der Waals surface area contributed by atoms with Crippen LogP contribution < -0.4 is 9.47 Å². The number of carbonyl (C=O) groups is 1. The molecule has 0 unspecified atom stereocenters. The van der Waals surface area contributed by atoms with Gasteiger partial charge in [-0.2, -0.15) is 0 Å². The number of methoxy groups -OCH3 is 2. The van der Waals surface area contributed by atoms with E-state index in [0.29, 0.717) is 17.1 Å². The topological polar surface area (TPSA) is 35.5 Å². The number of allylic oxidation sites excluding steroid dienone is 1. The first kappa shape index (κ1) is 15.7. The second-order valence-electron chi connectivity index (χ2n) is 4.47. The van der Waals surface area contributed by atoms with Crippen molar-refractivity contribution in [2.24, 2.45) is 0 Å². The zero-order valence-electron chi connectivity index (χ0n) is 12.1. The molecule has 0 amide bonds. The maximum absolute atomic E-state index is 13.5. The van der Waals surface area contributed by atoms with E-state index in [1.165, 1.54) is 26.4 Å². The summed E-state index contributed by atoms with van der Waals surface area (Å²) in [6, 6.07) is 7.82. The van der Waals surface area contributed by atoms with Crippen molar-refractivity contribution in [2.75, 3.05) is 14.2 Å². The van der Waals surface area contributed by atoms with E-state index in [-0.39, 0.29) is 5.56 Å².